The van der Waals surface area contributed by atoms with E-state index in [4.69, 9.17) is 0 Å². The summed E-state index contributed by atoms with van der Waals surface area (Å²) in [6, 6.07) is 5.77. The van der Waals surface area contributed by atoms with Crippen LogP contribution in [0.5, 0.6) is 0 Å². The second-order valence-corrected chi connectivity index (χ2v) is 3.77. The number of benzene rings is 1. The first-order valence-electron chi connectivity index (χ1n) is 5.01. The van der Waals surface area contributed by atoms with Crippen molar-refractivity contribution in [3.05, 3.63) is 41.0 Å². The fourth-order valence-electron chi connectivity index (χ4n) is 1.39. The number of hydrogen-bond acceptors (Lipinski definition) is 1. The quantitative estimate of drug-likeness (QED) is 0.723. The van der Waals surface area contributed by atoms with Crippen molar-refractivity contribution in [3.8, 4) is 0 Å². The van der Waals surface area contributed by atoms with Crippen LogP contribution in [0.25, 0.3) is 6.08 Å². The predicted octanol–water partition coefficient (Wildman–Crippen LogP) is 2.73. The SMILES string of the molecule is C/C=C\c1cc(C(=O)N(C)C)ccc1C. The first-order valence-corrected chi connectivity index (χ1v) is 5.01. The highest BCUT2D eigenvalue weighted by Crippen LogP contribution is 2.14. The van der Waals surface area contributed by atoms with Crippen molar-refractivity contribution in [1.82, 2.24) is 4.90 Å². The van der Waals surface area contributed by atoms with E-state index in [1.165, 1.54) is 5.56 Å². The van der Waals surface area contributed by atoms with Gasteiger partial charge in [-0.25, -0.2) is 0 Å². The minimum atomic E-state index is 0.0424. The molecule has 0 aromatic heterocycles. The van der Waals surface area contributed by atoms with Crippen molar-refractivity contribution >= 4 is 12.0 Å². The summed E-state index contributed by atoms with van der Waals surface area (Å²) in [6.07, 6.45) is 3.99. The molecular weight excluding hydrogens is 186 g/mol. The van der Waals surface area contributed by atoms with Gasteiger partial charge in [-0.1, -0.05) is 18.2 Å². The summed E-state index contributed by atoms with van der Waals surface area (Å²) in [7, 11) is 3.52. The zero-order valence-corrected chi connectivity index (χ0v) is 9.74. The molecule has 1 aromatic rings. The van der Waals surface area contributed by atoms with Crippen molar-refractivity contribution in [2.24, 2.45) is 0 Å². The minimum absolute atomic E-state index is 0.0424. The van der Waals surface area contributed by atoms with Gasteiger partial charge in [-0.2, -0.15) is 0 Å². The molecule has 0 unspecified atom stereocenters. The highest BCUT2D eigenvalue weighted by Gasteiger charge is 2.08. The number of aryl methyl sites for hydroxylation is 1. The lowest BCUT2D eigenvalue weighted by Gasteiger charge is -2.11. The third-order valence-electron chi connectivity index (χ3n) is 2.28. The average Bonchev–Trinajstić information content (AvgIpc) is 2.20. The zero-order chi connectivity index (χ0) is 11.4. The number of nitrogens with zero attached hydrogens (tertiary/aromatic N) is 1. The lowest BCUT2D eigenvalue weighted by molar-refractivity contribution is 0.0827. The van der Waals surface area contributed by atoms with E-state index in [2.05, 4.69) is 0 Å². The lowest BCUT2D eigenvalue weighted by Crippen LogP contribution is -2.21. The van der Waals surface area contributed by atoms with Gasteiger partial charge in [0.25, 0.3) is 5.91 Å². The van der Waals surface area contributed by atoms with Gasteiger partial charge in [0.1, 0.15) is 0 Å². The molecule has 0 fully saturated rings. The van der Waals surface area contributed by atoms with Crippen molar-refractivity contribution in [2.75, 3.05) is 14.1 Å². The van der Waals surface area contributed by atoms with E-state index in [0.29, 0.717) is 0 Å². The van der Waals surface area contributed by atoms with Gasteiger partial charge in [0.2, 0.25) is 0 Å². The Morgan fingerprint density at radius 2 is 2.00 bits per heavy atom. The maximum Gasteiger partial charge on any atom is 0.253 e. The van der Waals surface area contributed by atoms with Crippen LogP contribution >= 0.6 is 0 Å². The largest absolute Gasteiger partial charge is 0.345 e. The summed E-state index contributed by atoms with van der Waals surface area (Å²) >= 11 is 0. The van der Waals surface area contributed by atoms with Gasteiger partial charge >= 0.3 is 0 Å². The maximum absolute atomic E-state index is 11.7. The molecule has 1 rings (SSSR count). The second kappa shape index (κ2) is 4.78. The van der Waals surface area contributed by atoms with Crippen LogP contribution in [0.2, 0.25) is 0 Å². The number of allylic oxidation sites excluding steroid dienone is 1. The van der Waals surface area contributed by atoms with Crippen molar-refractivity contribution in [2.45, 2.75) is 13.8 Å². The Kier molecular flexibility index (Phi) is 3.67. The van der Waals surface area contributed by atoms with Gasteiger partial charge in [-0.15, -0.1) is 0 Å². The molecule has 0 atom stereocenters. The predicted molar refractivity (Wildman–Crippen MR) is 63.9 cm³/mol. The van der Waals surface area contributed by atoms with Crippen molar-refractivity contribution < 1.29 is 4.79 Å². The maximum atomic E-state index is 11.7. The number of hydrogen-bond donors (Lipinski definition) is 0. The molecule has 0 bridgehead atoms. The first kappa shape index (κ1) is 11.5. The minimum Gasteiger partial charge on any atom is -0.345 e. The van der Waals surface area contributed by atoms with Crippen LogP contribution in [0.4, 0.5) is 0 Å². The molecule has 0 N–H and O–H groups in total. The third kappa shape index (κ3) is 2.69. The topological polar surface area (TPSA) is 20.3 Å². The Balaban J connectivity index is 3.13. The molecule has 1 aromatic carbocycles. The standard InChI is InChI=1S/C13H17NO/c1-5-6-11-9-12(8-7-10(11)2)13(15)14(3)4/h5-9H,1-4H3/b6-5-. The molecule has 0 saturated heterocycles. The third-order valence-corrected chi connectivity index (χ3v) is 2.28. The molecule has 0 radical (unpaired) electrons. The molecule has 0 aliphatic rings. The Labute approximate surface area is 91.2 Å². The number of rotatable bonds is 2. The lowest BCUT2D eigenvalue weighted by atomic mass is 10.0. The van der Waals surface area contributed by atoms with Crippen LogP contribution in [-0.4, -0.2) is 24.9 Å². The van der Waals surface area contributed by atoms with Gasteiger partial charge in [0.15, 0.2) is 0 Å². The molecule has 80 valence electrons. The van der Waals surface area contributed by atoms with E-state index >= 15 is 0 Å². The number of carbonyl (C=O) groups excluding carboxylic acids is 1. The normalized spacial score (nSPS) is 10.7. The molecule has 0 saturated carbocycles. The highest BCUT2D eigenvalue weighted by atomic mass is 16.2. The van der Waals surface area contributed by atoms with E-state index in [1.807, 2.05) is 44.2 Å². The van der Waals surface area contributed by atoms with Gasteiger partial charge in [-0.05, 0) is 37.1 Å². The molecule has 2 heteroatoms. The monoisotopic (exact) mass is 203 g/mol. The smallest absolute Gasteiger partial charge is 0.253 e. The molecule has 15 heavy (non-hydrogen) atoms. The molecule has 0 aliphatic heterocycles. The second-order valence-electron chi connectivity index (χ2n) is 3.77. The molecule has 0 heterocycles. The Hall–Kier alpha value is -1.57. The van der Waals surface area contributed by atoms with Gasteiger partial charge in [0.05, 0.1) is 0 Å². The summed E-state index contributed by atoms with van der Waals surface area (Å²) in [5, 5.41) is 0. The van der Waals surface area contributed by atoms with Gasteiger partial charge < -0.3 is 4.90 Å². The molecule has 0 spiro atoms. The molecule has 2 nitrogen and oxygen atoms in total. The fourth-order valence-corrected chi connectivity index (χ4v) is 1.39. The summed E-state index contributed by atoms with van der Waals surface area (Å²) < 4.78 is 0. The summed E-state index contributed by atoms with van der Waals surface area (Å²) in [5.41, 5.74) is 3.02. The fraction of sp³-hybridized carbons (Fsp3) is 0.308. The van der Waals surface area contributed by atoms with Crippen LogP contribution in [0.3, 0.4) is 0 Å². The number of carbonyl (C=O) groups is 1. The van der Waals surface area contributed by atoms with Crippen LogP contribution < -0.4 is 0 Å². The average molecular weight is 203 g/mol. The highest BCUT2D eigenvalue weighted by molar-refractivity contribution is 5.94. The zero-order valence-electron chi connectivity index (χ0n) is 9.74. The van der Waals surface area contributed by atoms with Gasteiger partial charge in [-0.3, -0.25) is 4.79 Å². The number of amides is 1. The van der Waals surface area contributed by atoms with E-state index in [1.54, 1.807) is 19.0 Å². The van der Waals surface area contributed by atoms with E-state index < -0.39 is 0 Å². The summed E-state index contributed by atoms with van der Waals surface area (Å²) in [6.45, 7) is 4.01. The molecule has 0 aliphatic carbocycles. The van der Waals surface area contributed by atoms with Crippen LogP contribution in [0, 0.1) is 6.92 Å². The van der Waals surface area contributed by atoms with Crippen LogP contribution in [0.15, 0.2) is 24.3 Å². The summed E-state index contributed by atoms with van der Waals surface area (Å²) in [5.74, 6) is 0.0424. The van der Waals surface area contributed by atoms with Crippen molar-refractivity contribution in [1.29, 1.82) is 0 Å². The molecule has 1 amide bonds. The Bertz CT molecular complexity index is 392. The van der Waals surface area contributed by atoms with E-state index in [0.717, 1.165) is 11.1 Å². The van der Waals surface area contributed by atoms with Crippen molar-refractivity contribution in [3.63, 3.8) is 0 Å². The van der Waals surface area contributed by atoms with E-state index in [9.17, 15) is 4.79 Å². The summed E-state index contributed by atoms with van der Waals surface area (Å²) in [4.78, 5) is 13.3. The first-order chi connectivity index (χ1) is 7.06. The van der Waals surface area contributed by atoms with Crippen LogP contribution in [0.1, 0.15) is 28.4 Å². The molecular formula is C13H17NO. The Morgan fingerprint density at radius 1 is 1.33 bits per heavy atom. The van der Waals surface area contributed by atoms with E-state index in [-0.39, 0.29) is 5.91 Å². The van der Waals surface area contributed by atoms with Gasteiger partial charge in [0, 0.05) is 19.7 Å². The van der Waals surface area contributed by atoms with Crippen LogP contribution in [-0.2, 0) is 0 Å². The Morgan fingerprint density at radius 3 is 2.53 bits per heavy atom.